The molecule has 4 nitrogen and oxygen atoms in total. The van der Waals surface area contributed by atoms with E-state index in [1.807, 2.05) is 13.0 Å². The van der Waals surface area contributed by atoms with Gasteiger partial charge in [-0.15, -0.1) is 0 Å². The van der Waals surface area contributed by atoms with Gasteiger partial charge >= 0.3 is 11.9 Å². The fraction of sp³-hybridized carbons (Fsp3) is 0.167. The lowest BCUT2D eigenvalue weighted by molar-refractivity contribution is -0.141. The van der Waals surface area contributed by atoms with Crippen LogP contribution in [0.15, 0.2) is 23.8 Å². The summed E-state index contributed by atoms with van der Waals surface area (Å²) in [6.45, 7) is 1.85. The van der Waals surface area contributed by atoms with Gasteiger partial charge in [-0.1, -0.05) is 23.8 Å². The van der Waals surface area contributed by atoms with Crippen molar-refractivity contribution in [3.05, 3.63) is 40.5 Å². The molecular weight excluding hydrogens is 208 g/mol. The number of carbonyl (C=O) groups is 2. The van der Waals surface area contributed by atoms with Crippen LogP contribution in [-0.4, -0.2) is 22.2 Å². The predicted octanol–water partition coefficient (Wildman–Crippen LogP) is 1.64. The molecule has 4 heteroatoms. The molecule has 1 aromatic rings. The van der Waals surface area contributed by atoms with Gasteiger partial charge in [-0.05, 0) is 24.1 Å². The number of hydrogen-bond donors (Lipinski definition) is 2. The molecule has 0 amide bonds. The minimum absolute atomic E-state index is 0.0758. The number of aryl methyl sites for hydroxylation is 1. The zero-order chi connectivity index (χ0) is 11.9. The Kier molecular flexibility index (Phi) is 2.27. The first-order chi connectivity index (χ1) is 7.50. The zero-order valence-electron chi connectivity index (χ0n) is 8.60. The molecule has 0 bridgehead atoms. The van der Waals surface area contributed by atoms with Crippen LogP contribution >= 0.6 is 0 Å². The summed E-state index contributed by atoms with van der Waals surface area (Å²) >= 11 is 0. The Labute approximate surface area is 91.8 Å². The van der Waals surface area contributed by atoms with E-state index in [4.69, 9.17) is 10.2 Å². The minimum atomic E-state index is -1.18. The molecule has 1 unspecified atom stereocenters. The molecule has 0 aliphatic heterocycles. The molecule has 1 aromatic carbocycles. The van der Waals surface area contributed by atoms with Crippen LogP contribution in [0.25, 0.3) is 6.08 Å². The fourth-order valence-electron chi connectivity index (χ4n) is 1.95. The normalized spacial score (nSPS) is 17.8. The molecule has 2 N–H and O–H groups in total. The Morgan fingerprint density at radius 1 is 1.25 bits per heavy atom. The maximum Gasteiger partial charge on any atom is 0.332 e. The monoisotopic (exact) mass is 218 g/mol. The van der Waals surface area contributed by atoms with Crippen LogP contribution < -0.4 is 0 Å². The second kappa shape index (κ2) is 3.48. The SMILES string of the molecule is Cc1ccc2c(c1)C(C(=O)O)C(C(=O)O)=C2. The van der Waals surface area contributed by atoms with E-state index < -0.39 is 17.9 Å². The van der Waals surface area contributed by atoms with Crippen LogP contribution in [0.5, 0.6) is 0 Å². The summed E-state index contributed by atoms with van der Waals surface area (Å²) < 4.78 is 0. The van der Waals surface area contributed by atoms with Crippen LogP contribution in [0.2, 0.25) is 0 Å². The van der Waals surface area contributed by atoms with Crippen LogP contribution in [0, 0.1) is 6.92 Å². The van der Waals surface area contributed by atoms with Gasteiger partial charge in [0.2, 0.25) is 0 Å². The van der Waals surface area contributed by atoms with E-state index in [0.717, 1.165) is 5.56 Å². The average Bonchev–Trinajstić information content (AvgIpc) is 2.55. The lowest BCUT2D eigenvalue weighted by atomic mass is 9.95. The van der Waals surface area contributed by atoms with Crippen molar-refractivity contribution in [1.29, 1.82) is 0 Å². The highest BCUT2D eigenvalue weighted by Crippen LogP contribution is 2.37. The van der Waals surface area contributed by atoms with Crippen LogP contribution in [0.4, 0.5) is 0 Å². The summed E-state index contributed by atoms with van der Waals surface area (Å²) in [4.78, 5) is 22.0. The molecule has 0 aromatic heterocycles. The van der Waals surface area contributed by atoms with E-state index in [9.17, 15) is 9.59 Å². The van der Waals surface area contributed by atoms with Crippen LogP contribution in [-0.2, 0) is 9.59 Å². The number of aliphatic carboxylic acids is 2. The topological polar surface area (TPSA) is 74.6 Å². The molecule has 0 heterocycles. The molecule has 0 saturated heterocycles. The number of rotatable bonds is 2. The first kappa shape index (κ1) is 10.4. The highest BCUT2D eigenvalue weighted by molar-refractivity contribution is 6.04. The van der Waals surface area contributed by atoms with Gasteiger partial charge in [-0.2, -0.15) is 0 Å². The zero-order valence-corrected chi connectivity index (χ0v) is 8.60. The Morgan fingerprint density at radius 3 is 2.50 bits per heavy atom. The molecule has 0 radical (unpaired) electrons. The van der Waals surface area contributed by atoms with E-state index in [1.165, 1.54) is 6.08 Å². The summed E-state index contributed by atoms with van der Waals surface area (Å²) in [5.74, 6) is -3.35. The van der Waals surface area contributed by atoms with Gasteiger partial charge in [0.15, 0.2) is 0 Å². The number of fused-ring (bicyclic) bond motifs is 1. The average molecular weight is 218 g/mol. The summed E-state index contributed by atoms with van der Waals surface area (Å²) in [6, 6.07) is 5.30. The quantitative estimate of drug-likeness (QED) is 0.791. The highest BCUT2D eigenvalue weighted by Gasteiger charge is 2.35. The van der Waals surface area contributed by atoms with Gasteiger partial charge in [0, 0.05) is 0 Å². The molecule has 0 saturated carbocycles. The Bertz CT molecular complexity index is 514. The second-order valence-electron chi connectivity index (χ2n) is 3.81. The standard InChI is InChI=1S/C12H10O4/c1-6-2-3-7-5-9(11(13)14)10(12(15)16)8(7)4-6/h2-5,10H,1H3,(H,13,14)(H,15,16). The molecule has 1 aliphatic carbocycles. The highest BCUT2D eigenvalue weighted by atomic mass is 16.4. The van der Waals surface area contributed by atoms with Crippen molar-refractivity contribution in [3.8, 4) is 0 Å². The predicted molar refractivity (Wildman–Crippen MR) is 57.2 cm³/mol. The third kappa shape index (κ3) is 1.48. The van der Waals surface area contributed by atoms with Gasteiger partial charge in [0.25, 0.3) is 0 Å². The molecule has 0 fully saturated rings. The van der Waals surface area contributed by atoms with Gasteiger partial charge in [-0.3, -0.25) is 4.79 Å². The van der Waals surface area contributed by atoms with E-state index in [0.29, 0.717) is 11.1 Å². The first-order valence-corrected chi connectivity index (χ1v) is 4.79. The van der Waals surface area contributed by atoms with E-state index in [-0.39, 0.29) is 5.57 Å². The molecule has 82 valence electrons. The van der Waals surface area contributed by atoms with Crippen LogP contribution in [0.1, 0.15) is 22.6 Å². The molecule has 16 heavy (non-hydrogen) atoms. The van der Waals surface area contributed by atoms with Crippen molar-refractivity contribution < 1.29 is 19.8 Å². The molecule has 0 spiro atoms. The summed E-state index contributed by atoms with van der Waals surface area (Å²) in [5.41, 5.74) is 2.08. The number of carboxylic acids is 2. The maximum absolute atomic E-state index is 11.1. The Hall–Kier alpha value is -2.10. The van der Waals surface area contributed by atoms with Crippen LogP contribution in [0.3, 0.4) is 0 Å². The summed E-state index contributed by atoms with van der Waals surface area (Å²) in [7, 11) is 0. The third-order valence-corrected chi connectivity index (χ3v) is 2.67. The second-order valence-corrected chi connectivity index (χ2v) is 3.81. The lowest BCUT2D eigenvalue weighted by Crippen LogP contribution is -2.16. The molecule has 1 aliphatic rings. The van der Waals surface area contributed by atoms with Gasteiger partial charge in [0.1, 0.15) is 5.92 Å². The number of carboxylic acid groups (broad SMARTS) is 2. The number of benzene rings is 1. The van der Waals surface area contributed by atoms with Gasteiger partial charge in [0.05, 0.1) is 5.57 Å². The van der Waals surface area contributed by atoms with Gasteiger partial charge in [-0.25, -0.2) is 4.79 Å². The van der Waals surface area contributed by atoms with Gasteiger partial charge < -0.3 is 10.2 Å². The summed E-state index contributed by atoms with van der Waals surface area (Å²) in [6.07, 6.45) is 1.43. The van der Waals surface area contributed by atoms with E-state index >= 15 is 0 Å². The van der Waals surface area contributed by atoms with Crippen molar-refractivity contribution in [2.24, 2.45) is 0 Å². The Morgan fingerprint density at radius 2 is 1.94 bits per heavy atom. The molecule has 1 atom stereocenters. The van der Waals surface area contributed by atoms with Crippen molar-refractivity contribution in [3.63, 3.8) is 0 Å². The largest absolute Gasteiger partial charge is 0.481 e. The van der Waals surface area contributed by atoms with E-state index in [1.54, 1.807) is 12.1 Å². The van der Waals surface area contributed by atoms with Crippen molar-refractivity contribution in [2.75, 3.05) is 0 Å². The summed E-state index contributed by atoms with van der Waals surface area (Å²) in [5, 5.41) is 18.0. The fourth-order valence-corrected chi connectivity index (χ4v) is 1.95. The Balaban J connectivity index is 2.59. The smallest absolute Gasteiger partial charge is 0.332 e. The lowest BCUT2D eigenvalue weighted by Gasteiger charge is -2.09. The minimum Gasteiger partial charge on any atom is -0.481 e. The maximum atomic E-state index is 11.1. The van der Waals surface area contributed by atoms with Crippen molar-refractivity contribution in [1.82, 2.24) is 0 Å². The van der Waals surface area contributed by atoms with E-state index in [2.05, 4.69) is 0 Å². The van der Waals surface area contributed by atoms with Crippen molar-refractivity contribution in [2.45, 2.75) is 12.8 Å². The number of hydrogen-bond acceptors (Lipinski definition) is 2. The van der Waals surface area contributed by atoms with Crippen molar-refractivity contribution >= 4 is 18.0 Å². The molecule has 2 rings (SSSR count). The first-order valence-electron chi connectivity index (χ1n) is 4.79. The third-order valence-electron chi connectivity index (χ3n) is 2.67. The molecular formula is C12H10O4.